The number of oxime groups is 1. The van der Waals surface area contributed by atoms with Crippen molar-refractivity contribution in [3.05, 3.63) is 65.7 Å². The van der Waals surface area contributed by atoms with E-state index < -0.39 is 16.1 Å². The van der Waals surface area contributed by atoms with Gasteiger partial charge in [0, 0.05) is 11.6 Å². The Morgan fingerprint density at radius 2 is 1.89 bits per heavy atom. The number of hydrogen-bond donors (Lipinski definition) is 0. The molecule has 0 radical (unpaired) electrons. The maximum absolute atomic E-state index is 13.2. The molecule has 186 valence electrons. The topological polar surface area (TPSA) is 127 Å². The van der Waals surface area contributed by atoms with Crippen molar-refractivity contribution >= 4 is 21.8 Å². The molecule has 0 amide bonds. The van der Waals surface area contributed by atoms with Crippen molar-refractivity contribution < 1.29 is 40.6 Å². The van der Waals surface area contributed by atoms with Gasteiger partial charge in [-0.25, -0.2) is 9.18 Å². The third kappa shape index (κ3) is 7.27. The van der Waals surface area contributed by atoms with Gasteiger partial charge in [0.1, 0.15) is 36.0 Å². The molecular formula is C23H23FN2O8S. The molecule has 3 rings (SSSR count). The normalized spacial score (nSPS) is 11.7. The summed E-state index contributed by atoms with van der Waals surface area (Å²) in [4.78, 5) is 17.4. The lowest BCUT2D eigenvalue weighted by molar-refractivity contribution is 0.0598. The molecule has 1 heterocycles. The fourth-order valence-corrected chi connectivity index (χ4v) is 3.25. The molecule has 1 aromatic heterocycles. The highest BCUT2D eigenvalue weighted by atomic mass is 32.2. The molecule has 35 heavy (non-hydrogen) atoms. The summed E-state index contributed by atoms with van der Waals surface area (Å²) >= 11 is 0. The molecule has 0 atom stereocenters. The van der Waals surface area contributed by atoms with Crippen LogP contribution in [0.25, 0.3) is 11.3 Å². The highest BCUT2D eigenvalue weighted by Gasteiger charge is 2.19. The molecule has 0 aliphatic heterocycles. The molecule has 0 saturated carbocycles. The predicted octanol–water partition coefficient (Wildman–Crippen LogP) is 3.82. The number of aromatic nitrogens is 1. The molecule has 0 N–H and O–H groups in total. The zero-order valence-electron chi connectivity index (χ0n) is 19.2. The quantitative estimate of drug-likeness (QED) is 0.125. The predicted molar refractivity (Wildman–Crippen MR) is 123 cm³/mol. The van der Waals surface area contributed by atoms with Crippen LogP contribution in [0.2, 0.25) is 0 Å². The van der Waals surface area contributed by atoms with Gasteiger partial charge in [-0.3, -0.25) is 0 Å². The van der Waals surface area contributed by atoms with Crippen LogP contribution in [0.1, 0.15) is 29.5 Å². The second-order valence-electron chi connectivity index (χ2n) is 7.18. The van der Waals surface area contributed by atoms with Crippen molar-refractivity contribution in [2.24, 2.45) is 5.16 Å². The van der Waals surface area contributed by atoms with Crippen molar-refractivity contribution in [2.45, 2.75) is 13.3 Å². The summed E-state index contributed by atoms with van der Waals surface area (Å²) in [5, 5.41) is 8.05. The number of nitrogens with zero attached hydrogens (tertiary/aromatic N) is 2. The lowest BCUT2D eigenvalue weighted by atomic mass is 10.1. The molecule has 0 saturated heterocycles. The fraction of sp³-hybridized carbons (Fsp3) is 0.261. The number of benzene rings is 2. The van der Waals surface area contributed by atoms with Crippen LogP contribution >= 0.6 is 0 Å². The molecule has 0 aliphatic rings. The van der Waals surface area contributed by atoms with E-state index in [0.717, 1.165) is 19.8 Å². The summed E-state index contributed by atoms with van der Waals surface area (Å²) in [6.45, 7) is 2.13. The number of ether oxygens (including phenoxy) is 2. The number of esters is 1. The molecule has 3 aromatic rings. The van der Waals surface area contributed by atoms with E-state index in [1.54, 1.807) is 18.2 Å². The summed E-state index contributed by atoms with van der Waals surface area (Å²) < 4.78 is 56.9. The lowest BCUT2D eigenvalue weighted by Gasteiger charge is -2.11. The summed E-state index contributed by atoms with van der Waals surface area (Å²) in [7, 11) is -2.72. The van der Waals surface area contributed by atoms with Crippen LogP contribution in [0.3, 0.4) is 0 Å². The number of hydrogen-bond acceptors (Lipinski definition) is 10. The van der Waals surface area contributed by atoms with Gasteiger partial charge >= 0.3 is 16.1 Å². The van der Waals surface area contributed by atoms with Crippen LogP contribution in [0.15, 0.2) is 58.2 Å². The van der Waals surface area contributed by atoms with Crippen molar-refractivity contribution in [3.8, 4) is 22.8 Å². The number of rotatable bonds is 11. The Hall–Kier alpha value is -3.93. The third-order valence-corrected chi connectivity index (χ3v) is 4.86. The van der Waals surface area contributed by atoms with Crippen LogP contribution in [-0.2, 0) is 19.7 Å². The SMILES string of the molecule is CCCO/N=C(\COc1ccc(OS(C)(=O)=O)c(C(=O)OC)c1)c1cc(-c2ccc(F)cc2)no1. The summed E-state index contributed by atoms with van der Waals surface area (Å²) in [6, 6.07) is 11.3. The standard InChI is InChI=1S/C23H23FN2O8S/c1-4-11-32-25-20(22-13-19(26-33-22)15-5-7-16(24)8-6-15)14-31-17-9-10-21(34-35(3,28)29)18(12-17)23(27)30-2/h5-10,12-13H,4,11,14H2,1-3H3/b25-20+. The zero-order valence-corrected chi connectivity index (χ0v) is 20.0. The van der Waals surface area contributed by atoms with Crippen LogP contribution < -0.4 is 8.92 Å². The van der Waals surface area contributed by atoms with Gasteiger partial charge in [-0.15, -0.1) is 0 Å². The molecule has 0 aliphatic carbocycles. The first-order valence-electron chi connectivity index (χ1n) is 10.4. The Labute approximate surface area is 201 Å². The minimum atomic E-state index is -3.88. The van der Waals surface area contributed by atoms with Crippen molar-refractivity contribution in [1.29, 1.82) is 0 Å². The second-order valence-corrected chi connectivity index (χ2v) is 8.76. The molecule has 0 unspecified atom stereocenters. The monoisotopic (exact) mass is 506 g/mol. The van der Waals surface area contributed by atoms with Crippen molar-refractivity contribution in [3.63, 3.8) is 0 Å². The van der Waals surface area contributed by atoms with Crippen molar-refractivity contribution in [2.75, 3.05) is 26.6 Å². The van der Waals surface area contributed by atoms with Gasteiger partial charge in [0.05, 0.1) is 13.4 Å². The molecule has 0 spiro atoms. The van der Waals surface area contributed by atoms with Crippen molar-refractivity contribution in [1.82, 2.24) is 5.16 Å². The molecule has 10 nitrogen and oxygen atoms in total. The van der Waals surface area contributed by atoms with E-state index in [0.29, 0.717) is 17.9 Å². The van der Waals surface area contributed by atoms with Gasteiger partial charge < -0.3 is 23.0 Å². The Bertz CT molecular complexity index is 1300. The van der Waals surface area contributed by atoms with Gasteiger partial charge in [0.15, 0.2) is 17.2 Å². The summed E-state index contributed by atoms with van der Waals surface area (Å²) in [6.07, 6.45) is 1.58. The number of carbonyl (C=O) groups excluding carboxylic acids is 1. The smallest absolute Gasteiger partial charge is 0.341 e. The first-order valence-corrected chi connectivity index (χ1v) is 12.2. The molecule has 0 fully saturated rings. The maximum atomic E-state index is 13.2. The van der Waals surface area contributed by atoms with Crippen LogP contribution in [0.5, 0.6) is 11.5 Å². The minimum Gasteiger partial charge on any atom is -0.487 e. The highest BCUT2D eigenvalue weighted by molar-refractivity contribution is 7.86. The molecule has 12 heteroatoms. The average Bonchev–Trinajstić information content (AvgIpc) is 3.31. The van der Waals surface area contributed by atoms with E-state index in [-0.39, 0.29) is 41.0 Å². The second kappa shape index (κ2) is 11.5. The Kier molecular flexibility index (Phi) is 8.42. The number of halogens is 1. The Balaban J connectivity index is 1.84. The summed E-state index contributed by atoms with van der Waals surface area (Å²) in [5.74, 6) is -0.932. The van der Waals surface area contributed by atoms with Gasteiger partial charge in [-0.1, -0.05) is 17.2 Å². The minimum absolute atomic E-state index is 0.144. The first-order chi connectivity index (χ1) is 16.7. The highest BCUT2D eigenvalue weighted by Crippen LogP contribution is 2.27. The Morgan fingerprint density at radius 1 is 1.14 bits per heavy atom. The van der Waals surface area contributed by atoms with E-state index in [1.165, 1.54) is 30.3 Å². The van der Waals surface area contributed by atoms with Crippen LogP contribution in [0, 0.1) is 5.82 Å². The number of carbonyl (C=O) groups is 1. The van der Waals surface area contributed by atoms with E-state index in [9.17, 15) is 17.6 Å². The number of methoxy groups -OCH3 is 1. The largest absolute Gasteiger partial charge is 0.487 e. The third-order valence-electron chi connectivity index (χ3n) is 4.38. The maximum Gasteiger partial charge on any atom is 0.341 e. The van der Waals surface area contributed by atoms with Gasteiger partial charge in [0.2, 0.25) is 0 Å². The molecule has 0 bridgehead atoms. The molecule has 2 aromatic carbocycles. The fourth-order valence-electron chi connectivity index (χ4n) is 2.78. The average molecular weight is 507 g/mol. The molecular weight excluding hydrogens is 483 g/mol. The van der Waals surface area contributed by atoms with Gasteiger partial charge in [-0.2, -0.15) is 8.42 Å². The van der Waals surface area contributed by atoms with E-state index in [4.69, 9.17) is 23.0 Å². The van der Waals surface area contributed by atoms with E-state index in [1.807, 2.05) is 6.92 Å². The Morgan fingerprint density at radius 3 is 2.54 bits per heavy atom. The first kappa shape index (κ1) is 25.7. The van der Waals surface area contributed by atoms with Gasteiger partial charge in [0.25, 0.3) is 0 Å². The summed E-state index contributed by atoms with van der Waals surface area (Å²) in [5.41, 5.74) is 1.21. The van der Waals surface area contributed by atoms with Crippen LogP contribution in [0.4, 0.5) is 4.39 Å². The van der Waals surface area contributed by atoms with Crippen LogP contribution in [-0.4, -0.2) is 51.8 Å². The van der Waals surface area contributed by atoms with Gasteiger partial charge in [-0.05, 0) is 48.9 Å². The lowest BCUT2D eigenvalue weighted by Crippen LogP contribution is -2.14. The van der Waals surface area contributed by atoms with E-state index in [2.05, 4.69) is 10.3 Å². The zero-order chi connectivity index (χ0) is 25.4. The van der Waals surface area contributed by atoms with E-state index >= 15 is 0 Å².